The first-order valence-electron chi connectivity index (χ1n) is 4.13. The van der Waals surface area contributed by atoms with Gasteiger partial charge in [-0.1, -0.05) is 12.1 Å². The maximum atomic E-state index is 11.0. The van der Waals surface area contributed by atoms with Crippen molar-refractivity contribution in [3.05, 3.63) is 28.2 Å². The molecular weight excluding hydrogens is 264 g/mol. The molecule has 5 heteroatoms. The number of carbonyl (C=O) groups is 2. The summed E-state index contributed by atoms with van der Waals surface area (Å²) in [5.41, 5.74) is 0.555. The van der Waals surface area contributed by atoms with Crippen molar-refractivity contribution in [1.82, 2.24) is 0 Å². The summed E-state index contributed by atoms with van der Waals surface area (Å²) >= 11 is 3.25. The van der Waals surface area contributed by atoms with Crippen LogP contribution in [-0.2, 0) is 16.0 Å². The summed E-state index contributed by atoms with van der Waals surface area (Å²) in [6.45, 7) is 0. The predicted octanol–water partition coefficient (Wildman–Crippen LogP) is 1.65. The summed E-state index contributed by atoms with van der Waals surface area (Å²) in [5.74, 6) is -1.80. The number of para-hydroxylation sites is 1. The molecule has 0 radical (unpaired) electrons. The van der Waals surface area contributed by atoms with Crippen LogP contribution in [0.4, 0.5) is 0 Å². The maximum Gasteiger partial charge on any atom is 0.372 e. The molecule has 1 rings (SSSR count). The summed E-state index contributed by atoms with van der Waals surface area (Å²) in [4.78, 5) is 21.4. The molecule has 15 heavy (non-hydrogen) atoms. The average molecular weight is 273 g/mol. The molecule has 0 atom stereocenters. The smallest absolute Gasteiger partial charge is 0.372 e. The van der Waals surface area contributed by atoms with Gasteiger partial charge in [-0.15, -0.1) is 0 Å². The number of carbonyl (C=O) groups excluding carboxylic acids is 1. The van der Waals surface area contributed by atoms with Gasteiger partial charge in [0.2, 0.25) is 5.78 Å². The van der Waals surface area contributed by atoms with Crippen molar-refractivity contribution >= 4 is 27.7 Å². The molecule has 1 aromatic rings. The van der Waals surface area contributed by atoms with Gasteiger partial charge in [-0.2, -0.15) is 0 Å². The van der Waals surface area contributed by atoms with E-state index in [2.05, 4.69) is 15.9 Å². The van der Waals surface area contributed by atoms with E-state index in [-0.39, 0.29) is 6.42 Å². The number of Topliss-reactive ketones (excluding diaryl/α,β-unsaturated/α-hetero) is 1. The largest absolute Gasteiger partial charge is 0.495 e. The second-order valence-electron chi connectivity index (χ2n) is 2.84. The molecule has 0 aliphatic heterocycles. The lowest BCUT2D eigenvalue weighted by molar-refractivity contribution is -0.148. The lowest BCUT2D eigenvalue weighted by atomic mass is 10.1. The summed E-state index contributed by atoms with van der Waals surface area (Å²) in [6, 6.07) is 5.13. The van der Waals surface area contributed by atoms with Gasteiger partial charge in [-0.3, -0.25) is 4.79 Å². The molecule has 80 valence electrons. The maximum absolute atomic E-state index is 11.0. The minimum atomic E-state index is -1.43. The number of methoxy groups -OCH3 is 1. The highest BCUT2D eigenvalue weighted by Crippen LogP contribution is 2.28. The van der Waals surface area contributed by atoms with Crippen molar-refractivity contribution in [2.45, 2.75) is 6.42 Å². The minimum Gasteiger partial charge on any atom is -0.495 e. The van der Waals surface area contributed by atoms with Crippen molar-refractivity contribution < 1.29 is 19.4 Å². The average Bonchev–Trinajstić information content (AvgIpc) is 2.18. The second kappa shape index (κ2) is 4.93. The monoisotopic (exact) mass is 272 g/mol. The Morgan fingerprint density at radius 1 is 1.47 bits per heavy atom. The first-order valence-corrected chi connectivity index (χ1v) is 4.93. The molecule has 0 heterocycles. The highest BCUT2D eigenvalue weighted by Gasteiger charge is 2.16. The predicted molar refractivity (Wildman–Crippen MR) is 57.0 cm³/mol. The van der Waals surface area contributed by atoms with Crippen LogP contribution >= 0.6 is 15.9 Å². The minimum absolute atomic E-state index is 0.169. The van der Waals surface area contributed by atoms with Crippen molar-refractivity contribution in [3.63, 3.8) is 0 Å². The van der Waals surface area contributed by atoms with Gasteiger partial charge in [0.25, 0.3) is 0 Å². The fourth-order valence-electron chi connectivity index (χ4n) is 1.17. The lowest BCUT2D eigenvalue weighted by Crippen LogP contribution is -2.15. The number of hydrogen-bond donors (Lipinski definition) is 1. The Bertz CT molecular complexity index is 400. The van der Waals surface area contributed by atoms with Crippen molar-refractivity contribution in [1.29, 1.82) is 0 Å². The van der Waals surface area contributed by atoms with Gasteiger partial charge in [-0.25, -0.2) is 4.79 Å². The van der Waals surface area contributed by atoms with Gasteiger partial charge in [0.15, 0.2) is 0 Å². The number of halogens is 1. The van der Waals surface area contributed by atoms with Crippen LogP contribution in [0.15, 0.2) is 22.7 Å². The third-order valence-electron chi connectivity index (χ3n) is 1.84. The standard InChI is InChI=1S/C10H9BrO4/c1-15-9-6(3-2-4-7(9)11)5-8(12)10(13)14/h2-4H,5H2,1H3,(H,13,14). The van der Waals surface area contributed by atoms with Crippen LogP contribution in [0.3, 0.4) is 0 Å². The van der Waals surface area contributed by atoms with E-state index in [1.165, 1.54) is 7.11 Å². The number of benzene rings is 1. The summed E-state index contributed by atoms with van der Waals surface area (Å²) in [7, 11) is 1.47. The van der Waals surface area contributed by atoms with Crippen LogP contribution in [0.25, 0.3) is 0 Å². The SMILES string of the molecule is COc1c(Br)cccc1CC(=O)C(=O)O. The number of ketones is 1. The second-order valence-corrected chi connectivity index (χ2v) is 3.69. The quantitative estimate of drug-likeness (QED) is 0.847. The Hall–Kier alpha value is -1.36. The van der Waals surface area contributed by atoms with E-state index < -0.39 is 11.8 Å². The number of carboxylic acid groups (broad SMARTS) is 1. The number of hydrogen-bond acceptors (Lipinski definition) is 3. The van der Waals surface area contributed by atoms with E-state index in [0.29, 0.717) is 15.8 Å². The fourth-order valence-corrected chi connectivity index (χ4v) is 1.74. The molecule has 1 aromatic carbocycles. The Balaban J connectivity index is 2.99. The van der Waals surface area contributed by atoms with E-state index in [1.807, 2.05) is 0 Å². The van der Waals surface area contributed by atoms with Crippen LogP contribution in [0.2, 0.25) is 0 Å². The van der Waals surface area contributed by atoms with Crippen LogP contribution in [0.5, 0.6) is 5.75 Å². The normalized spacial score (nSPS) is 9.73. The van der Waals surface area contributed by atoms with Gasteiger partial charge >= 0.3 is 5.97 Å². The summed E-state index contributed by atoms with van der Waals surface area (Å²) in [6.07, 6.45) is -0.169. The van der Waals surface area contributed by atoms with Crippen molar-refractivity contribution in [3.8, 4) is 5.75 Å². The molecule has 0 aliphatic carbocycles. The molecule has 0 spiro atoms. The molecule has 0 bridgehead atoms. The molecule has 0 saturated heterocycles. The van der Waals surface area contributed by atoms with Crippen molar-refractivity contribution in [2.75, 3.05) is 7.11 Å². The van der Waals surface area contributed by atoms with Gasteiger partial charge in [0, 0.05) is 12.0 Å². The fraction of sp³-hybridized carbons (Fsp3) is 0.200. The molecule has 0 unspecified atom stereocenters. The number of aliphatic carboxylic acids is 1. The Morgan fingerprint density at radius 3 is 2.67 bits per heavy atom. The highest BCUT2D eigenvalue weighted by molar-refractivity contribution is 9.10. The third kappa shape index (κ3) is 2.79. The molecule has 0 aromatic heterocycles. The lowest BCUT2D eigenvalue weighted by Gasteiger charge is -2.08. The van der Waals surface area contributed by atoms with E-state index in [4.69, 9.17) is 9.84 Å². The topological polar surface area (TPSA) is 63.6 Å². The molecular formula is C10H9BrO4. The first kappa shape index (κ1) is 11.7. The Kier molecular flexibility index (Phi) is 3.85. The number of carboxylic acids is 1. The number of rotatable bonds is 4. The van der Waals surface area contributed by atoms with E-state index in [1.54, 1.807) is 18.2 Å². The Labute approximate surface area is 95.0 Å². The van der Waals surface area contributed by atoms with Crippen LogP contribution in [0.1, 0.15) is 5.56 Å². The van der Waals surface area contributed by atoms with Crippen LogP contribution < -0.4 is 4.74 Å². The summed E-state index contributed by atoms with van der Waals surface area (Å²) in [5, 5.41) is 8.47. The van der Waals surface area contributed by atoms with Gasteiger partial charge in [-0.05, 0) is 22.0 Å². The zero-order valence-corrected chi connectivity index (χ0v) is 9.58. The van der Waals surface area contributed by atoms with Crippen LogP contribution in [0, 0.1) is 0 Å². The first-order chi connectivity index (χ1) is 7.06. The third-order valence-corrected chi connectivity index (χ3v) is 2.47. The van der Waals surface area contributed by atoms with Crippen molar-refractivity contribution in [2.24, 2.45) is 0 Å². The molecule has 0 fully saturated rings. The van der Waals surface area contributed by atoms with E-state index in [0.717, 1.165) is 0 Å². The zero-order chi connectivity index (χ0) is 11.4. The Morgan fingerprint density at radius 2 is 2.13 bits per heavy atom. The molecule has 0 amide bonds. The zero-order valence-electron chi connectivity index (χ0n) is 7.99. The highest BCUT2D eigenvalue weighted by atomic mass is 79.9. The molecule has 0 aliphatic rings. The van der Waals surface area contributed by atoms with Gasteiger partial charge in [0.1, 0.15) is 5.75 Å². The molecule has 1 N–H and O–H groups in total. The van der Waals surface area contributed by atoms with Gasteiger partial charge in [0.05, 0.1) is 11.6 Å². The van der Waals surface area contributed by atoms with Gasteiger partial charge < -0.3 is 9.84 Å². The van der Waals surface area contributed by atoms with E-state index >= 15 is 0 Å². The molecule has 0 saturated carbocycles. The number of ether oxygens (including phenoxy) is 1. The molecule has 4 nitrogen and oxygen atoms in total. The van der Waals surface area contributed by atoms with E-state index in [9.17, 15) is 9.59 Å². The summed E-state index contributed by atoms with van der Waals surface area (Å²) < 4.78 is 5.76. The van der Waals surface area contributed by atoms with Crippen LogP contribution in [-0.4, -0.2) is 24.0 Å².